The number of amides is 2. The summed E-state index contributed by atoms with van der Waals surface area (Å²) in [4.78, 5) is 13.3. The van der Waals surface area contributed by atoms with E-state index in [9.17, 15) is 4.79 Å². The summed E-state index contributed by atoms with van der Waals surface area (Å²) < 4.78 is 4.89. The highest BCUT2D eigenvalue weighted by Gasteiger charge is 2.10. The maximum absolute atomic E-state index is 11.3. The van der Waals surface area contributed by atoms with Gasteiger partial charge in [-0.05, 0) is 0 Å². The van der Waals surface area contributed by atoms with Gasteiger partial charge in [-0.2, -0.15) is 0 Å². The Morgan fingerprint density at radius 3 is 2.64 bits per heavy atom. The zero-order chi connectivity index (χ0) is 11.0. The van der Waals surface area contributed by atoms with E-state index in [4.69, 9.17) is 22.7 Å². The molecule has 0 aromatic heterocycles. The molecule has 0 radical (unpaired) electrons. The molecule has 14 heavy (non-hydrogen) atoms. The summed E-state index contributed by atoms with van der Waals surface area (Å²) in [5.74, 6) is 0. The van der Waals surface area contributed by atoms with Gasteiger partial charge in [0, 0.05) is 33.7 Å². The van der Waals surface area contributed by atoms with Crippen molar-refractivity contribution in [1.29, 1.82) is 0 Å². The van der Waals surface area contributed by atoms with Gasteiger partial charge in [0.25, 0.3) is 0 Å². The molecule has 3 N–H and O–H groups in total. The molecule has 0 bridgehead atoms. The van der Waals surface area contributed by atoms with Crippen LogP contribution in [0.1, 0.15) is 6.42 Å². The van der Waals surface area contributed by atoms with Crippen LogP contribution in [-0.4, -0.2) is 49.8 Å². The smallest absolute Gasteiger partial charge is 0.317 e. The molecule has 0 spiro atoms. The third-order valence-corrected chi connectivity index (χ3v) is 1.90. The minimum Gasteiger partial charge on any atom is -0.393 e. The Balaban J connectivity index is 3.96. The van der Waals surface area contributed by atoms with E-state index in [0.717, 1.165) is 0 Å². The summed E-state index contributed by atoms with van der Waals surface area (Å²) in [5.41, 5.74) is 5.35. The van der Waals surface area contributed by atoms with Gasteiger partial charge in [-0.15, -0.1) is 0 Å². The Labute approximate surface area is 89.6 Å². The number of ether oxygens (including phenoxy) is 1. The first kappa shape index (κ1) is 13.1. The molecule has 2 amide bonds. The van der Waals surface area contributed by atoms with Gasteiger partial charge >= 0.3 is 6.03 Å². The maximum Gasteiger partial charge on any atom is 0.317 e. The van der Waals surface area contributed by atoms with Crippen molar-refractivity contribution in [2.75, 3.05) is 33.9 Å². The number of hydrogen-bond acceptors (Lipinski definition) is 3. The van der Waals surface area contributed by atoms with Crippen LogP contribution in [-0.2, 0) is 4.74 Å². The summed E-state index contributed by atoms with van der Waals surface area (Å²) >= 11 is 4.74. The number of rotatable bonds is 6. The monoisotopic (exact) mass is 219 g/mol. The fourth-order valence-corrected chi connectivity index (χ4v) is 1.01. The van der Waals surface area contributed by atoms with Crippen LogP contribution in [0.5, 0.6) is 0 Å². The van der Waals surface area contributed by atoms with E-state index in [1.54, 1.807) is 19.1 Å². The van der Waals surface area contributed by atoms with Crippen molar-refractivity contribution < 1.29 is 9.53 Å². The van der Waals surface area contributed by atoms with Crippen LogP contribution in [0.25, 0.3) is 0 Å². The average molecular weight is 219 g/mol. The summed E-state index contributed by atoms with van der Waals surface area (Å²) in [7, 11) is 3.18. The normalized spacial score (nSPS) is 9.57. The van der Waals surface area contributed by atoms with Crippen LogP contribution in [0.3, 0.4) is 0 Å². The lowest BCUT2D eigenvalue weighted by molar-refractivity contribution is 0.151. The number of thiocarbonyl (C=S) groups is 1. The fourth-order valence-electron chi connectivity index (χ4n) is 0.920. The molecule has 0 aliphatic heterocycles. The minimum absolute atomic E-state index is 0.140. The van der Waals surface area contributed by atoms with Crippen LogP contribution in [0.15, 0.2) is 0 Å². The third-order valence-electron chi connectivity index (χ3n) is 1.69. The largest absolute Gasteiger partial charge is 0.393 e. The highest BCUT2D eigenvalue weighted by molar-refractivity contribution is 7.80. The van der Waals surface area contributed by atoms with E-state index in [1.807, 2.05) is 0 Å². The van der Waals surface area contributed by atoms with E-state index in [1.165, 1.54) is 0 Å². The summed E-state index contributed by atoms with van der Waals surface area (Å²) in [6.07, 6.45) is 0.534. The van der Waals surface area contributed by atoms with E-state index in [2.05, 4.69) is 5.32 Å². The van der Waals surface area contributed by atoms with Crippen molar-refractivity contribution >= 4 is 23.2 Å². The van der Waals surface area contributed by atoms with Gasteiger partial charge in [0.2, 0.25) is 0 Å². The standard InChI is InChI=1S/C8H17N3O2S/c1-10-8(12)11(5-6-13-2)4-3-7(9)14/h3-6H2,1-2H3,(H2,9,14)(H,10,12). The zero-order valence-electron chi connectivity index (χ0n) is 8.58. The predicted molar refractivity (Wildman–Crippen MR) is 59.3 cm³/mol. The van der Waals surface area contributed by atoms with E-state index in [0.29, 0.717) is 31.1 Å². The zero-order valence-corrected chi connectivity index (χ0v) is 9.39. The van der Waals surface area contributed by atoms with E-state index in [-0.39, 0.29) is 6.03 Å². The number of carbonyl (C=O) groups excluding carboxylic acids is 1. The molecule has 0 unspecified atom stereocenters. The minimum atomic E-state index is -0.140. The molecule has 6 heteroatoms. The second-order valence-corrected chi connectivity index (χ2v) is 3.28. The lowest BCUT2D eigenvalue weighted by Crippen LogP contribution is -2.41. The number of hydrogen-bond donors (Lipinski definition) is 2. The SMILES string of the molecule is CNC(=O)N(CCOC)CCC(N)=S. The van der Waals surface area contributed by atoms with Crippen molar-refractivity contribution in [2.24, 2.45) is 5.73 Å². The number of urea groups is 1. The molecule has 0 rings (SSSR count). The van der Waals surface area contributed by atoms with Crippen molar-refractivity contribution in [3.05, 3.63) is 0 Å². The van der Waals surface area contributed by atoms with Crippen LogP contribution in [0.4, 0.5) is 4.79 Å². The van der Waals surface area contributed by atoms with Crippen molar-refractivity contribution in [3.8, 4) is 0 Å². The maximum atomic E-state index is 11.3. The molecule has 0 aliphatic carbocycles. The van der Waals surface area contributed by atoms with E-state index >= 15 is 0 Å². The number of nitrogens with two attached hydrogens (primary N) is 1. The summed E-state index contributed by atoms with van der Waals surface area (Å²) in [5, 5.41) is 2.55. The molecule has 0 fully saturated rings. The molecule has 0 atom stereocenters. The van der Waals surface area contributed by atoms with Crippen LogP contribution >= 0.6 is 12.2 Å². The van der Waals surface area contributed by atoms with Crippen molar-refractivity contribution in [3.63, 3.8) is 0 Å². The summed E-state index contributed by atoms with van der Waals surface area (Å²) in [6, 6.07) is -0.140. The third kappa shape index (κ3) is 5.71. The number of nitrogens with one attached hydrogen (secondary N) is 1. The fraction of sp³-hybridized carbons (Fsp3) is 0.750. The Morgan fingerprint density at radius 2 is 2.21 bits per heavy atom. The van der Waals surface area contributed by atoms with Gasteiger partial charge in [-0.1, -0.05) is 12.2 Å². The molecular weight excluding hydrogens is 202 g/mol. The number of nitrogens with zero attached hydrogens (tertiary/aromatic N) is 1. The van der Waals surface area contributed by atoms with Gasteiger partial charge in [-0.25, -0.2) is 4.79 Å². The van der Waals surface area contributed by atoms with Crippen molar-refractivity contribution in [1.82, 2.24) is 10.2 Å². The van der Waals surface area contributed by atoms with Crippen LogP contribution in [0, 0.1) is 0 Å². The molecule has 0 heterocycles. The molecule has 5 nitrogen and oxygen atoms in total. The second kappa shape index (κ2) is 7.52. The Morgan fingerprint density at radius 1 is 1.57 bits per heavy atom. The molecule has 82 valence electrons. The molecule has 0 aromatic carbocycles. The topological polar surface area (TPSA) is 67.6 Å². The van der Waals surface area contributed by atoms with E-state index < -0.39 is 0 Å². The first-order valence-electron chi connectivity index (χ1n) is 4.35. The Hall–Kier alpha value is -0.880. The molecule has 0 aliphatic rings. The predicted octanol–water partition coefficient (Wildman–Crippen LogP) is -0.0496. The molecule has 0 saturated heterocycles. The molecule has 0 aromatic rings. The van der Waals surface area contributed by atoms with Gasteiger partial charge < -0.3 is 20.7 Å². The average Bonchev–Trinajstić information content (AvgIpc) is 2.16. The second-order valence-electron chi connectivity index (χ2n) is 2.75. The highest BCUT2D eigenvalue weighted by Crippen LogP contribution is 1.93. The van der Waals surface area contributed by atoms with Crippen molar-refractivity contribution in [2.45, 2.75) is 6.42 Å². The van der Waals surface area contributed by atoms with Gasteiger partial charge in [0.1, 0.15) is 0 Å². The van der Waals surface area contributed by atoms with Gasteiger partial charge in [-0.3, -0.25) is 0 Å². The molecular formula is C8H17N3O2S. The number of methoxy groups -OCH3 is 1. The first-order chi connectivity index (χ1) is 6.61. The summed E-state index contributed by atoms with van der Waals surface area (Å²) in [6.45, 7) is 1.57. The quantitative estimate of drug-likeness (QED) is 0.615. The number of carbonyl (C=O) groups is 1. The van der Waals surface area contributed by atoms with Gasteiger partial charge in [0.15, 0.2) is 0 Å². The lowest BCUT2D eigenvalue weighted by atomic mass is 10.4. The highest BCUT2D eigenvalue weighted by atomic mass is 32.1. The Kier molecular flexibility index (Phi) is 7.04. The van der Waals surface area contributed by atoms with Crippen LogP contribution in [0.2, 0.25) is 0 Å². The van der Waals surface area contributed by atoms with Crippen LogP contribution < -0.4 is 11.1 Å². The first-order valence-corrected chi connectivity index (χ1v) is 4.76. The molecule has 0 saturated carbocycles. The van der Waals surface area contributed by atoms with Gasteiger partial charge in [0.05, 0.1) is 11.6 Å². The Bertz CT molecular complexity index is 199. The lowest BCUT2D eigenvalue weighted by Gasteiger charge is -2.21.